The zero-order chi connectivity index (χ0) is 18.4. The highest BCUT2D eigenvalue weighted by atomic mass is 16.4. The first kappa shape index (κ1) is 18.9. The molecule has 7 nitrogen and oxygen atoms in total. The zero-order valence-corrected chi connectivity index (χ0v) is 14.7. The van der Waals surface area contributed by atoms with Crippen molar-refractivity contribution in [3.63, 3.8) is 0 Å². The Morgan fingerprint density at radius 3 is 2.40 bits per heavy atom. The first-order chi connectivity index (χ1) is 11.9. The summed E-state index contributed by atoms with van der Waals surface area (Å²) in [6.45, 7) is 4.99. The minimum Gasteiger partial charge on any atom is -0.478 e. The van der Waals surface area contributed by atoms with E-state index in [4.69, 9.17) is 5.11 Å². The van der Waals surface area contributed by atoms with E-state index in [1.54, 1.807) is 4.90 Å². The molecule has 0 aromatic carbocycles. The van der Waals surface area contributed by atoms with E-state index in [0.29, 0.717) is 25.9 Å². The number of hydrogen-bond donors (Lipinski definition) is 2. The molecule has 1 saturated carbocycles. The predicted molar refractivity (Wildman–Crippen MR) is 92.4 cm³/mol. The lowest BCUT2D eigenvalue weighted by Crippen LogP contribution is -2.60. The molecule has 25 heavy (non-hydrogen) atoms. The summed E-state index contributed by atoms with van der Waals surface area (Å²) in [6.07, 6.45) is 5.25. The van der Waals surface area contributed by atoms with Gasteiger partial charge in [0.2, 0.25) is 5.91 Å². The number of carboxylic acid groups (broad SMARTS) is 1. The SMILES string of the molecule is CCN(CC)C(=O)C1(NC(=O)c2cc(C(=O)O)ccn2)CCCCC1. The van der Waals surface area contributed by atoms with Crippen molar-refractivity contribution < 1.29 is 19.5 Å². The Hall–Kier alpha value is -2.44. The molecule has 0 spiro atoms. The number of amides is 2. The third-order valence-corrected chi connectivity index (χ3v) is 4.76. The second-order valence-electron chi connectivity index (χ2n) is 6.31. The molecule has 0 radical (unpaired) electrons. The number of nitrogens with zero attached hydrogens (tertiary/aromatic N) is 2. The third kappa shape index (κ3) is 4.15. The highest BCUT2D eigenvalue weighted by molar-refractivity contribution is 5.99. The summed E-state index contributed by atoms with van der Waals surface area (Å²) in [5.74, 6) is -1.70. The Morgan fingerprint density at radius 1 is 1.20 bits per heavy atom. The normalized spacial score (nSPS) is 16.1. The molecular weight excluding hydrogens is 322 g/mol. The lowest BCUT2D eigenvalue weighted by molar-refractivity contribution is -0.139. The van der Waals surface area contributed by atoms with Gasteiger partial charge in [0.05, 0.1) is 5.56 Å². The third-order valence-electron chi connectivity index (χ3n) is 4.76. The Kier molecular flexibility index (Phi) is 6.12. The van der Waals surface area contributed by atoms with Gasteiger partial charge < -0.3 is 15.3 Å². The summed E-state index contributed by atoms with van der Waals surface area (Å²) in [7, 11) is 0. The molecule has 1 fully saturated rings. The number of aromatic nitrogens is 1. The molecule has 2 rings (SSSR count). The van der Waals surface area contributed by atoms with Crippen molar-refractivity contribution in [1.82, 2.24) is 15.2 Å². The van der Waals surface area contributed by atoms with E-state index in [-0.39, 0.29) is 17.2 Å². The first-order valence-corrected chi connectivity index (χ1v) is 8.74. The molecule has 136 valence electrons. The van der Waals surface area contributed by atoms with E-state index in [1.165, 1.54) is 18.3 Å². The van der Waals surface area contributed by atoms with Crippen LogP contribution in [-0.4, -0.2) is 51.4 Å². The molecule has 1 aliphatic rings. The number of carboxylic acids is 1. The van der Waals surface area contributed by atoms with Gasteiger partial charge in [-0.25, -0.2) is 4.79 Å². The van der Waals surface area contributed by atoms with Gasteiger partial charge in [-0.2, -0.15) is 0 Å². The standard InChI is InChI=1S/C18H25N3O4/c1-3-21(4-2)17(25)18(9-6-5-7-10-18)20-15(22)14-12-13(16(23)24)8-11-19-14/h8,11-12H,3-7,9-10H2,1-2H3,(H,20,22)(H,23,24). The molecule has 1 aliphatic carbocycles. The molecule has 1 heterocycles. The summed E-state index contributed by atoms with van der Waals surface area (Å²) in [5, 5.41) is 11.9. The van der Waals surface area contributed by atoms with Gasteiger partial charge in [0, 0.05) is 19.3 Å². The molecule has 7 heteroatoms. The van der Waals surface area contributed by atoms with Crippen LogP contribution in [-0.2, 0) is 4.79 Å². The number of aromatic carboxylic acids is 1. The van der Waals surface area contributed by atoms with Crippen LogP contribution in [0.4, 0.5) is 0 Å². The average Bonchev–Trinajstić information content (AvgIpc) is 2.63. The number of pyridine rings is 1. The fourth-order valence-corrected chi connectivity index (χ4v) is 3.33. The van der Waals surface area contributed by atoms with Gasteiger partial charge >= 0.3 is 5.97 Å². The maximum Gasteiger partial charge on any atom is 0.335 e. The second kappa shape index (κ2) is 8.09. The topological polar surface area (TPSA) is 99.6 Å². The minimum absolute atomic E-state index is 0.00656. The molecule has 0 aliphatic heterocycles. The molecule has 0 bridgehead atoms. The van der Waals surface area contributed by atoms with Crippen molar-refractivity contribution in [2.24, 2.45) is 0 Å². The molecular formula is C18H25N3O4. The van der Waals surface area contributed by atoms with Gasteiger partial charge in [0.1, 0.15) is 11.2 Å². The van der Waals surface area contributed by atoms with Crippen LogP contribution in [0.5, 0.6) is 0 Å². The van der Waals surface area contributed by atoms with E-state index in [0.717, 1.165) is 19.3 Å². The van der Waals surface area contributed by atoms with Crippen LogP contribution in [0, 0.1) is 0 Å². The average molecular weight is 347 g/mol. The van der Waals surface area contributed by atoms with Crippen LogP contribution in [0.1, 0.15) is 66.8 Å². The summed E-state index contributed by atoms with van der Waals surface area (Å²) in [4.78, 5) is 42.5. The predicted octanol–water partition coefficient (Wildman–Crippen LogP) is 2.08. The summed E-state index contributed by atoms with van der Waals surface area (Å²) in [5.41, 5.74) is -0.924. The maximum absolute atomic E-state index is 13.0. The monoisotopic (exact) mass is 347 g/mol. The van der Waals surface area contributed by atoms with Crippen molar-refractivity contribution >= 4 is 17.8 Å². The second-order valence-corrected chi connectivity index (χ2v) is 6.31. The van der Waals surface area contributed by atoms with Crippen LogP contribution in [0.2, 0.25) is 0 Å². The van der Waals surface area contributed by atoms with Gasteiger partial charge in [-0.15, -0.1) is 0 Å². The molecule has 1 aromatic rings. The van der Waals surface area contributed by atoms with Crippen LogP contribution >= 0.6 is 0 Å². The highest BCUT2D eigenvalue weighted by Crippen LogP contribution is 2.30. The van der Waals surface area contributed by atoms with E-state index in [2.05, 4.69) is 10.3 Å². The smallest absolute Gasteiger partial charge is 0.335 e. The lowest BCUT2D eigenvalue weighted by atomic mass is 9.80. The van der Waals surface area contributed by atoms with E-state index < -0.39 is 17.4 Å². The fourth-order valence-electron chi connectivity index (χ4n) is 3.33. The van der Waals surface area contributed by atoms with Gasteiger partial charge in [-0.1, -0.05) is 19.3 Å². The van der Waals surface area contributed by atoms with Crippen molar-refractivity contribution in [3.05, 3.63) is 29.6 Å². The van der Waals surface area contributed by atoms with Crippen LogP contribution in [0.25, 0.3) is 0 Å². The van der Waals surface area contributed by atoms with E-state index >= 15 is 0 Å². The maximum atomic E-state index is 13.0. The number of nitrogens with one attached hydrogen (secondary N) is 1. The first-order valence-electron chi connectivity index (χ1n) is 8.74. The zero-order valence-electron chi connectivity index (χ0n) is 14.7. The van der Waals surface area contributed by atoms with Gasteiger partial charge in [-0.3, -0.25) is 14.6 Å². The van der Waals surface area contributed by atoms with E-state index in [9.17, 15) is 14.4 Å². The molecule has 2 amide bonds. The van der Waals surface area contributed by atoms with Crippen molar-refractivity contribution in [2.75, 3.05) is 13.1 Å². The fraction of sp³-hybridized carbons (Fsp3) is 0.556. The quantitative estimate of drug-likeness (QED) is 0.821. The molecule has 0 saturated heterocycles. The van der Waals surface area contributed by atoms with Gasteiger partial charge in [0.25, 0.3) is 5.91 Å². The largest absolute Gasteiger partial charge is 0.478 e. The number of likely N-dealkylation sites (N-methyl/N-ethyl adjacent to an activating group) is 1. The summed E-state index contributed by atoms with van der Waals surface area (Å²) < 4.78 is 0. The Balaban J connectivity index is 2.27. The van der Waals surface area contributed by atoms with Crippen LogP contribution in [0.3, 0.4) is 0 Å². The number of rotatable bonds is 6. The molecule has 0 atom stereocenters. The van der Waals surface area contributed by atoms with E-state index in [1.807, 2.05) is 13.8 Å². The summed E-state index contributed by atoms with van der Waals surface area (Å²) >= 11 is 0. The number of carbonyl (C=O) groups is 3. The van der Waals surface area contributed by atoms with Gasteiger partial charge in [0.15, 0.2) is 0 Å². The Labute approximate surface area is 147 Å². The number of carbonyl (C=O) groups excluding carboxylic acids is 2. The van der Waals surface area contributed by atoms with Crippen molar-refractivity contribution in [2.45, 2.75) is 51.5 Å². The van der Waals surface area contributed by atoms with Crippen molar-refractivity contribution in [1.29, 1.82) is 0 Å². The lowest BCUT2D eigenvalue weighted by Gasteiger charge is -2.39. The Morgan fingerprint density at radius 2 is 1.84 bits per heavy atom. The van der Waals surface area contributed by atoms with Crippen LogP contribution in [0.15, 0.2) is 18.3 Å². The van der Waals surface area contributed by atoms with Gasteiger partial charge in [-0.05, 0) is 38.8 Å². The molecule has 0 unspecified atom stereocenters. The number of hydrogen-bond acceptors (Lipinski definition) is 4. The van der Waals surface area contributed by atoms with Crippen molar-refractivity contribution in [3.8, 4) is 0 Å². The molecule has 1 aromatic heterocycles. The summed E-state index contributed by atoms with van der Waals surface area (Å²) in [6, 6.07) is 2.56. The van der Waals surface area contributed by atoms with Crippen LogP contribution < -0.4 is 5.32 Å². The minimum atomic E-state index is -1.12. The Bertz CT molecular complexity index is 649. The highest BCUT2D eigenvalue weighted by Gasteiger charge is 2.43. The molecule has 2 N–H and O–H groups in total.